The molecule has 0 radical (unpaired) electrons. The van der Waals surface area contributed by atoms with Crippen LogP contribution < -0.4 is 0 Å². The molecule has 2 aliphatic rings. The summed E-state index contributed by atoms with van der Waals surface area (Å²) >= 11 is 6.99. The molecule has 0 spiro atoms. The highest BCUT2D eigenvalue weighted by Gasteiger charge is 2.33. The Morgan fingerprint density at radius 3 is 1.85 bits per heavy atom. The summed E-state index contributed by atoms with van der Waals surface area (Å²) in [7, 11) is 0. The molecule has 0 amide bonds. The van der Waals surface area contributed by atoms with E-state index in [1.54, 1.807) is 0 Å². The fourth-order valence-electron chi connectivity index (χ4n) is 1.87. The van der Waals surface area contributed by atoms with Gasteiger partial charge in [0.15, 0.2) is 0 Å². The van der Waals surface area contributed by atoms with Gasteiger partial charge in [-0.05, 0) is 55.1 Å². The van der Waals surface area contributed by atoms with E-state index in [4.69, 9.17) is 4.74 Å². The standard InChI is InChI=1S/C10H6Br2O/c11-7-3-5-6(4-8(7)12)10-2-1-9(5)13-10/h1-4,9-10H. The van der Waals surface area contributed by atoms with Crippen molar-refractivity contribution in [2.24, 2.45) is 0 Å². The zero-order chi connectivity index (χ0) is 9.00. The molecule has 1 aromatic carbocycles. The van der Waals surface area contributed by atoms with Crippen LogP contribution in [0.15, 0.2) is 33.2 Å². The minimum Gasteiger partial charge on any atom is -0.357 e. The van der Waals surface area contributed by atoms with Crippen LogP contribution in [0.3, 0.4) is 0 Å². The van der Waals surface area contributed by atoms with Gasteiger partial charge in [-0.25, -0.2) is 0 Å². The van der Waals surface area contributed by atoms with Crippen molar-refractivity contribution in [3.63, 3.8) is 0 Å². The highest BCUT2D eigenvalue weighted by molar-refractivity contribution is 9.13. The number of fused-ring (bicyclic) bond motifs is 5. The van der Waals surface area contributed by atoms with E-state index in [0.29, 0.717) is 0 Å². The Hall–Kier alpha value is -0.120. The molecule has 2 atom stereocenters. The van der Waals surface area contributed by atoms with Crippen molar-refractivity contribution in [2.75, 3.05) is 0 Å². The molecular weight excluding hydrogens is 296 g/mol. The van der Waals surface area contributed by atoms with Gasteiger partial charge >= 0.3 is 0 Å². The van der Waals surface area contributed by atoms with Crippen LogP contribution in [0.5, 0.6) is 0 Å². The molecule has 1 nitrogen and oxygen atoms in total. The van der Waals surface area contributed by atoms with E-state index in [1.807, 2.05) is 0 Å². The van der Waals surface area contributed by atoms with Crippen LogP contribution in [-0.2, 0) is 4.74 Å². The van der Waals surface area contributed by atoms with Crippen molar-refractivity contribution >= 4 is 31.9 Å². The Morgan fingerprint density at radius 2 is 1.38 bits per heavy atom. The summed E-state index contributed by atoms with van der Waals surface area (Å²) in [6.45, 7) is 0. The van der Waals surface area contributed by atoms with Gasteiger partial charge in [-0.15, -0.1) is 0 Å². The Kier molecular flexibility index (Phi) is 1.70. The SMILES string of the molecule is Brc1cc2c(cc1Br)C1C=CC2O1. The molecule has 0 saturated heterocycles. The summed E-state index contributed by atoms with van der Waals surface area (Å²) in [5, 5.41) is 0. The summed E-state index contributed by atoms with van der Waals surface area (Å²) < 4.78 is 7.89. The van der Waals surface area contributed by atoms with Gasteiger partial charge < -0.3 is 4.74 Å². The smallest absolute Gasteiger partial charge is 0.102 e. The number of rotatable bonds is 0. The summed E-state index contributed by atoms with van der Waals surface area (Å²) in [6.07, 6.45) is 4.61. The lowest BCUT2D eigenvalue weighted by Gasteiger charge is -2.08. The number of benzene rings is 1. The molecule has 2 bridgehead atoms. The van der Waals surface area contributed by atoms with Crippen LogP contribution in [0.4, 0.5) is 0 Å². The zero-order valence-corrected chi connectivity index (χ0v) is 9.80. The maximum Gasteiger partial charge on any atom is 0.102 e. The van der Waals surface area contributed by atoms with Crippen LogP contribution in [-0.4, -0.2) is 0 Å². The van der Waals surface area contributed by atoms with Crippen LogP contribution >= 0.6 is 31.9 Å². The van der Waals surface area contributed by atoms with Gasteiger partial charge in [0.2, 0.25) is 0 Å². The maximum absolute atomic E-state index is 5.70. The summed E-state index contributed by atoms with van der Waals surface area (Å²) in [5.41, 5.74) is 2.59. The zero-order valence-electron chi connectivity index (χ0n) is 6.63. The van der Waals surface area contributed by atoms with Crippen molar-refractivity contribution in [3.8, 4) is 0 Å². The van der Waals surface area contributed by atoms with E-state index in [0.717, 1.165) is 8.95 Å². The molecule has 13 heavy (non-hydrogen) atoms. The van der Waals surface area contributed by atoms with Crippen molar-refractivity contribution < 1.29 is 4.74 Å². The second-order valence-electron chi connectivity index (χ2n) is 3.26. The Balaban J connectivity index is 2.25. The predicted molar refractivity (Wildman–Crippen MR) is 57.5 cm³/mol. The largest absolute Gasteiger partial charge is 0.357 e. The van der Waals surface area contributed by atoms with Crippen LogP contribution in [0.25, 0.3) is 0 Å². The lowest BCUT2D eigenvalue weighted by atomic mass is 9.97. The van der Waals surface area contributed by atoms with Gasteiger partial charge in [-0.1, -0.05) is 12.2 Å². The fourth-order valence-corrected chi connectivity index (χ4v) is 2.60. The third kappa shape index (κ3) is 1.07. The molecule has 2 unspecified atom stereocenters. The van der Waals surface area contributed by atoms with E-state index >= 15 is 0 Å². The molecule has 0 N–H and O–H groups in total. The molecule has 0 saturated carbocycles. The van der Waals surface area contributed by atoms with Crippen molar-refractivity contribution in [3.05, 3.63) is 44.4 Å². The fraction of sp³-hybridized carbons (Fsp3) is 0.200. The van der Waals surface area contributed by atoms with Gasteiger partial charge in [0.05, 0.1) is 0 Å². The van der Waals surface area contributed by atoms with Crippen LogP contribution in [0.2, 0.25) is 0 Å². The first-order valence-electron chi connectivity index (χ1n) is 4.08. The lowest BCUT2D eigenvalue weighted by Crippen LogP contribution is -1.92. The lowest BCUT2D eigenvalue weighted by molar-refractivity contribution is 0.0878. The number of hydrogen-bond acceptors (Lipinski definition) is 1. The molecule has 0 fully saturated rings. The van der Waals surface area contributed by atoms with Crippen LogP contribution in [0.1, 0.15) is 23.3 Å². The average Bonchev–Trinajstić information content (AvgIpc) is 2.67. The van der Waals surface area contributed by atoms with Crippen molar-refractivity contribution in [1.82, 2.24) is 0 Å². The highest BCUT2D eigenvalue weighted by Crippen LogP contribution is 2.47. The average molecular weight is 302 g/mol. The van der Waals surface area contributed by atoms with E-state index < -0.39 is 0 Å². The summed E-state index contributed by atoms with van der Waals surface area (Å²) in [6, 6.07) is 4.27. The van der Waals surface area contributed by atoms with Gasteiger partial charge in [-0.2, -0.15) is 0 Å². The first kappa shape index (κ1) is 8.21. The molecule has 0 aromatic heterocycles. The molecular formula is C10H6Br2O. The maximum atomic E-state index is 5.70. The third-order valence-corrected chi connectivity index (χ3v) is 4.34. The minimum atomic E-state index is 0.185. The highest BCUT2D eigenvalue weighted by atomic mass is 79.9. The topological polar surface area (TPSA) is 9.23 Å². The summed E-state index contributed by atoms with van der Waals surface area (Å²) in [5.74, 6) is 0. The van der Waals surface area contributed by atoms with Gasteiger partial charge in [0, 0.05) is 8.95 Å². The summed E-state index contributed by atoms with van der Waals surface area (Å²) in [4.78, 5) is 0. The quantitative estimate of drug-likeness (QED) is 0.661. The molecule has 2 aliphatic heterocycles. The Bertz CT molecular complexity index is 375. The van der Waals surface area contributed by atoms with Crippen LogP contribution in [0, 0.1) is 0 Å². The van der Waals surface area contributed by atoms with E-state index in [1.165, 1.54) is 11.1 Å². The molecule has 2 heterocycles. The molecule has 0 aliphatic carbocycles. The molecule has 3 heteroatoms. The predicted octanol–water partition coefficient (Wildman–Crippen LogP) is 3.89. The normalized spacial score (nSPS) is 28.2. The number of ether oxygens (including phenoxy) is 1. The Morgan fingerprint density at radius 1 is 0.923 bits per heavy atom. The first-order chi connectivity index (χ1) is 6.25. The number of hydrogen-bond donors (Lipinski definition) is 0. The Labute approximate surface area is 93.0 Å². The second kappa shape index (κ2) is 2.69. The third-order valence-electron chi connectivity index (χ3n) is 2.49. The number of halogens is 2. The van der Waals surface area contributed by atoms with Gasteiger partial charge in [-0.3, -0.25) is 0 Å². The first-order valence-corrected chi connectivity index (χ1v) is 5.67. The van der Waals surface area contributed by atoms with Crippen molar-refractivity contribution in [2.45, 2.75) is 12.2 Å². The minimum absolute atomic E-state index is 0.185. The monoisotopic (exact) mass is 300 g/mol. The molecule has 3 rings (SSSR count). The van der Waals surface area contributed by atoms with E-state index in [9.17, 15) is 0 Å². The molecule has 1 aromatic rings. The van der Waals surface area contributed by atoms with Gasteiger partial charge in [0.1, 0.15) is 12.2 Å². The van der Waals surface area contributed by atoms with Gasteiger partial charge in [0.25, 0.3) is 0 Å². The van der Waals surface area contributed by atoms with E-state index in [-0.39, 0.29) is 12.2 Å². The second-order valence-corrected chi connectivity index (χ2v) is 4.97. The molecule has 66 valence electrons. The van der Waals surface area contributed by atoms with E-state index in [2.05, 4.69) is 56.1 Å². The van der Waals surface area contributed by atoms with Crippen molar-refractivity contribution in [1.29, 1.82) is 0 Å².